The lowest BCUT2D eigenvalue weighted by molar-refractivity contribution is 0.804. The Labute approximate surface area is 204 Å². The normalized spacial score (nSPS) is 9.46. The number of aromatic nitrogens is 4. The standard InChI is InChI=1S/C14H11N3.C8H7N.C7H8.N2/c1-3-7-12(8-4-1)14-11-17(16-15-14)13-9-5-2-6-10-13;1-2-4-8-7(3-1)5-6-9-8;1-7-5-3-2-4-6-7;1-2/h1-11H;1-6,9H;2-6H,1H3;. The van der Waals surface area contributed by atoms with Crippen molar-refractivity contribution in [3.63, 3.8) is 0 Å². The van der Waals surface area contributed by atoms with Crippen molar-refractivity contribution in [1.29, 1.82) is 10.8 Å². The van der Waals surface area contributed by atoms with Crippen LogP contribution in [-0.2, 0) is 0 Å². The smallest absolute Gasteiger partial charge is 0.113 e. The molecule has 6 heteroatoms. The van der Waals surface area contributed by atoms with E-state index in [1.165, 1.54) is 16.5 Å². The molecule has 2 heterocycles. The molecule has 6 nitrogen and oxygen atoms in total. The van der Waals surface area contributed by atoms with Crippen LogP contribution in [0.1, 0.15) is 5.56 Å². The molecule has 0 atom stereocenters. The molecule has 0 spiro atoms. The van der Waals surface area contributed by atoms with Gasteiger partial charge in [0.2, 0.25) is 0 Å². The van der Waals surface area contributed by atoms with Gasteiger partial charge in [0.25, 0.3) is 0 Å². The lowest BCUT2D eigenvalue weighted by Gasteiger charge is -1.97. The van der Waals surface area contributed by atoms with Gasteiger partial charge in [0.05, 0.1) is 11.9 Å². The Morgan fingerprint density at radius 1 is 0.657 bits per heavy atom. The lowest BCUT2D eigenvalue weighted by atomic mass is 10.2. The molecule has 1 N–H and O–H groups in total. The molecule has 6 aromatic rings. The minimum Gasteiger partial charge on any atom is -0.361 e. The fourth-order valence-corrected chi connectivity index (χ4v) is 3.24. The predicted molar refractivity (Wildman–Crippen MR) is 140 cm³/mol. The van der Waals surface area contributed by atoms with Gasteiger partial charge in [-0.1, -0.05) is 108 Å². The van der Waals surface area contributed by atoms with Crippen LogP contribution in [0, 0.1) is 17.7 Å². The summed E-state index contributed by atoms with van der Waals surface area (Å²) in [5, 5.41) is 21.6. The van der Waals surface area contributed by atoms with Crippen LogP contribution in [0.5, 0.6) is 0 Å². The summed E-state index contributed by atoms with van der Waals surface area (Å²) in [5.41, 5.74) is 5.51. The number of rotatable bonds is 2. The summed E-state index contributed by atoms with van der Waals surface area (Å²) in [6, 6.07) is 40.5. The van der Waals surface area contributed by atoms with Crippen molar-refractivity contribution in [2.75, 3.05) is 0 Å². The van der Waals surface area contributed by atoms with Gasteiger partial charge in [-0.2, -0.15) is 0 Å². The Hall–Kier alpha value is -5.02. The zero-order chi connectivity index (χ0) is 24.7. The van der Waals surface area contributed by atoms with E-state index < -0.39 is 0 Å². The van der Waals surface area contributed by atoms with Crippen molar-refractivity contribution >= 4 is 10.9 Å². The number of fused-ring (bicyclic) bond motifs is 1. The second-order valence-corrected chi connectivity index (χ2v) is 7.47. The van der Waals surface area contributed by atoms with Crippen molar-refractivity contribution in [2.24, 2.45) is 0 Å². The number of para-hydroxylation sites is 2. The molecule has 0 saturated heterocycles. The highest BCUT2D eigenvalue weighted by atomic mass is 15.4. The predicted octanol–water partition coefficient (Wildman–Crippen LogP) is 7.13. The number of hydrogen-bond acceptors (Lipinski definition) is 4. The Morgan fingerprint density at radius 3 is 1.83 bits per heavy atom. The van der Waals surface area contributed by atoms with Gasteiger partial charge in [-0.3, -0.25) is 0 Å². The fourth-order valence-electron chi connectivity index (χ4n) is 3.24. The number of hydrogen-bond donors (Lipinski definition) is 1. The van der Waals surface area contributed by atoms with E-state index >= 15 is 0 Å². The van der Waals surface area contributed by atoms with E-state index in [-0.39, 0.29) is 0 Å². The summed E-state index contributed by atoms with van der Waals surface area (Å²) in [6.07, 6.45) is 3.88. The number of H-pyrrole nitrogens is 1. The first-order valence-electron chi connectivity index (χ1n) is 11.1. The molecule has 4 aromatic carbocycles. The van der Waals surface area contributed by atoms with Crippen LogP contribution in [0.15, 0.2) is 134 Å². The second-order valence-electron chi connectivity index (χ2n) is 7.47. The van der Waals surface area contributed by atoms with Crippen LogP contribution in [0.2, 0.25) is 0 Å². The highest BCUT2D eigenvalue weighted by Crippen LogP contribution is 2.16. The van der Waals surface area contributed by atoms with Gasteiger partial charge in [-0.15, -0.1) is 5.10 Å². The average Bonchev–Trinajstić information content (AvgIpc) is 3.63. The van der Waals surface area contributed by atoms with E-state index in [2.05, 4.69) is 52.6 Å². The van der Waals surface area contributed by atoms with Crippen molar-refractivity contribution in [3.05, 3.63) is 139 Å². The molecule has 0 unspecified atom stereocenters. The number of aromatic amines is 1. The van der Waals surface area contributed by atoms with Crippen LogP contribution in [0.4, 0.5) is 0 Å². The maximum Gasteiger partial charge on any atom is 0.113 e. The third-order valence-electron chi connectivity index (χ3n) is 4.99. The van der Waals surface area contributed by atoms with Gasteiger partial charge < -0.3 is 4.98 Å². The molecule has 0 aliphatic heterocycles. The van der Waals surface area contributed by atoms with Crippen LogP contribution in [0.25, 0.3) is 27.8 Å². The van der Waals surface area contributed by atoms with E-state index in [4.69, 9.17) is 10.8 Å². The summed E-state index contributed by atoms with van der Waals surface area (Å²) < 4.78 is 1.78. The number of benzene rings is 4. The largest absolute Gasteiger partial charge is 0.361 e. The van der Waals surface area contributed by atoms with Gasteiger partial charge in [0, 0.05) is 28.1 Å². The molecular formula is C29H26N6. The van der Waals surface area contributed by atoms with E-state index in [9.17, 15) is 0 Å². The molecule has 35 heavy (non-hydrogen) atoms. The van der Waals surface area contributed by atoms with Crippen molar-refractivity contribution in [2.45, 2.75) is 6.92 Å². The first kappa shape index (κ1) is 24.6. The first-order chi connectivity index (χ1) is 17.3. The third-order valence-corrected chi connectivity index (χ3v) is 4.99. The quantitative estimate of drug-likeness (QED) is 0.279. The Bertz CT molecular complexity index is 1320. The summed E-state index contributed by atoms with van der Waals surface area (Å²) in [6.45, 7) is 2.08. The summed E-state index contributed by atoms with van der Waals surface area (Å²) in [5.74, 6) is 0. The van der Waals surface area contributed by atoms with E-state index in [1.54, 1.807) is 4.68 Å². The molecule has 0 fully saturated rings. The topological polar surface area (TPSA) is 94.1 Å². The summed E-state index contributed by atoms with van der Waals surface area (Å²) in [4.78, 5) is 3.12. The maximum atomic E-state index is 6.00. The molecule has 0 radical (unpaired) electrons. The average molecular weight is 459 g/mol. The zero-order valence-corrected chi connectivity index (χ0v) is 19.4. The molecule has 0 bridgehead atoms. The van der Waals surface area contributed by atoms with Crippen molar-refractivity contribution in [3.8, 4) is 16.9 Å². The van der Waals surface area contributed by atoms with Crippen LogP contribution in [0.3, 0.4) is 0 Å². The zero-order valence-electron chi connectivity index (χ0n) is 19.4. The highest BCUT2D eigenvalue weighted by molar-refractivity contribution is 5.78. The monoisotopic (exact) mass is 458 g/mol. The summed E-state index contributed by atoms with van der Waals surface area (Å²) in [7, 11) is 0. The van der Waals surface area contributed by atoms with Gasteiger partial charge in [0.1, 0.15) is 5.69 Å². The Kier molecular flexibility index (Phi) is 9.50. The third kappa shape index (κ3) is 7.52. The first-order valence-corrected chi connectivity index (χ1v) is 11.1. The Morgan fingerprint density at radius 2 is 1.23 bits per heavy atom. The van der Waals surface area contributed by atoms with Gasteiger partial charge >= 0.3 is 0 Å². The fraction of sp³-hybridized carbons (Fsp3) is 0.0345. The number of nitrogens with zero attached hydrogens (tertiary/aromatic N) is 5. The highest BCUT2D eigenvalue weighted by Gasteiger charge is 2.03. The van der Waals surface area contributed by atoms with E-state index in [0.29, 0.717) is 0 Å². The van der Waals surface area contributed by atoms with Crippen molar-refractivity contribution < 1.29 is 0 Å². The molecule has 0 aliphatic carbocycles. The molecular weight excluding hydrogens is 432 g/mol. The Balaban J connectivity index is 0.000000159. The summed E-state index contributed by atoms with van der Waals surface area (Å²) >= 11 is 0. The van der Waals surface area contributed by atoms with Crippen LogP contribution in [-0.4, -0.2) is 20.0 Å². The molecule has 0 amide bonds. The number of aryl methyl sites for hydroxylation is 1. The van der Waals surface area contributed by atoms with E-state index in [0.717, 1.165) is 16.9 Å². The second kappa shape index (κ2) is 13.5. The molecule has 2 aromatic heterocycles. The number of nitrogens with one attached hydrogen (secondary N) is 1. The maximum absolute atomic E-state index is 6.00. The van der Waals surface area contributed by atoms with E-state index in [1.807, 2.05) is 103 Å². The molecule has 0 saturated carbocycles. The van der Waals surface area contributed by atoms with Gasteiger partial charge in [-0.05, 0) is 36.6 Å². The van der Waals surface area contributed by atoms with Crippen LogP contribution < -0.4 is 0 Å². The van der Waals surface area contributed by atoms with Crippen LogP contribution >= 0.6 is 0 Å². The van der Waals surface area contributed by atoms with Crippen molar-refractivity contribution in [1.82, 2.24) is 20.0 Å². The minimum absolute atomic E-state index is 0.884. The minimum atomic E-state index is 0.884. The molecule has 0 aliphatic rings. The molecule has 6 rings (SSSR count). The SMILES string of the molecule is Cc1ccccc1.N#N.c1ccc(-c2cn(-c3ccccc3)nn2)cc1.c1ccc2[nH]ccc2c1. The van der Waals surface area contributed by atoms with Gasteiger partial charge in [0.15, 0.2) is 0 Å². The van der Waals surface area contributed by atoms with Gasteiger partial charge in [-0.25, -0.2) is 4.68 Å². The molecule has 172 valence electrons. The lowest BCUT2D eigenvalue weighted by Crippen LogP contribution is -1.93.